The summed E-state index contributed by atoms with van der Waals surface area (Å²) in [7, 11) is 0. The fourth-order valence-corrected chi connectivity index (χ4v) is 3.81. The van der Waals surface area contributed by atoms with Gasteiger partial charge in [-0.2, -0.15) is 0 Å². The first-order valence-corrected chi connectivity index (χ1v) is 12.5. The first kappa shape index (κ1) is 26.4. The molecule has 0 bridgehead atoms. The summed E-state index contributed by atoms with van der Waals surface area (Å²) in [6, 6.07) is 16.0. The number of hydrogen-bond donors (Lipinski definition) is 1. The van der Waals surface area contributed by atoms with Crippen molar-refractivity contribution >= 4 is 17.8 Å². The molecule has 1 heterocycles. The van der Waals surface area contributed by atoms with E-state index >= 15 is 0 Å². The number of carbonyl (C=O) groups is 2. The summed E-state index contributed by atoms with van der Waals surface area (Å²) in [5, 5.41) is 2.96. The summed E-state index contributed by atoms with van der Waals surface area (Å²) >= 11 is 0. The van der Waals surface area contributed by atoms with Crippen molar-refractivity contribution in [1.82, 2.24) is 9.80 Å². The zero-order valence-electron chi connectivity index (χ0n) is 21.5. The van der Waals surface area contributed by atoms with Gasteiger partial charge >= 0.3 is 12.1 Å². The Kier molecular flexibility index (Phi) is 9.40. The van der Waals surface area contributed by atoms with Gasteiger partial charge in [0.2, 0.25) is 0 Å². The summed E-state index contributed by atoms with van der Waals surface area (Å²) in [5.74, 6) is 0.929. The molecule has 0 saturated carbocycles. The number of unbranched alkanes of at least 4 members (excludes halogenated alkanes) is 2. The van der Waals surface area contributed by atoms with Crippen molar-refractivity contribution in [2.75, 3.05) is 38.1 Å². The number of urea groups is 1. The van der Waals surface area contributed by atoms with Crippen LogP contribution in [0, 0.1) is 6.92 Å². The molecule has 3 amide bonds. The monoisotopic (exact) mass is 481 g/mol. The summed E-state index contributed by atoms with van der Waals surface area (Å²) in [6.07, 6.45) is 3.92. The van der Waals surface area contributed by atoms with Gasteiger partial charge in [0, 0.05) is 31.9 Å². The quantitative estimate of drug-likeness (QED) is 0.479. The van der Waals surface area contributed by atoms with E-state index in [1.54, 1.807) is 9.80 Å². The summed E-state index contributed by atoms with van der Waals surface area (Å²) < 4.78 is 11.2. The highest BCUT2D eigenvalue weighted by Crippen LogP contribution is 2.16. The minimum atomic E-state index is -0.520. The van der Waals surface area contributed by atoms with E-state index in [4.69, 9.17) is 9.47 Å². The van der Waals surface area contributed by atoms with Crippen molar-refractivity contribution < 1.29 is 19.1 Å². The van der Waals surface area contributed by atoms with Crippen molar-refractivity contribution in [3.63, 3.8) is 0 Å². The van der Waals surface area contributed by atoms with E-state index in [1.165, 1.54) is 11.1 Å². The fraction of sp³-hybridized carbons (Fsp3) is 0.500. The molecule has 1 N–H and O–H groups in total. The lowest BCUT2D eigenvalue weighted by Crippen LogP contribution is -2.52. The van der Waals surface area contributed by atoms with Gasteiger partial charge in [0.05, 0.1) is 6.61 Å². The number of anilines is 1. The van der Waals surface area contributed by atoms with Gasteiger partial charge in [-0.25, -0.2) is 9.59 Å². The van der Waals surface area contributed by atoms with E-state index in [2.05, 4.69) is 36.5 Å². The van der Waals surface area contributed by atoms with Crippen LogP contribution in [0.5, 0.6) is 5.75 Å². The molecular formula is C28H39N3O4. The molecule has 35 heavy (non-hydrogen) atoms. The highest BCUT2D eigenvalue weighted by atomic mass is 16.6. The maximum absolute atomic E-state index is 12.6. The number of hydrogen-bond acceptors (Lipinski definition) is 4. The number of carbonyl (C=O) groups excluding carboxylic acids is 2. The van der Waals surface area contributed by atoms with Crippen molar-refractivity contribution in [2.24, 2.45) is 0 Å². The minimum Gasteiger partial charge on any atom is -0.494 e. The van der Waals surface area contributed by atoms with Gasteiger partial charge in [-0.1, -0.05) is 29.8 Å². The summed E-state index contributed by atoms with van der Waals surface area (Å²) in [6.45, 7) is 10.3. The van der Waals surface area contributed by atoms with Gasteiger partial charge in [0.1, 0.15) is 11.4 Å². The molecule has 0 aliphatic carbocycles. The van der Waals surface area contributed by atoms with E-state index in [0.29, 0.717) is 26.2 Å². The molecule has 2 aromatic rings. The third-order valence-electron chi connectivity index (χ3n) is 5.82. The van der Waals surface area contributed by atoms with Gasteiger partial charge in [-0.05, 0) is 83.2 Å². The first-order valence-electron chi connectivity index (χ1n) is 12.5. The zero-order chi connectivity index (χ0) is 25.3. The molecule has 190 valence electrons. The number of aryl methyl sites for hydroxylation is 2. The molecule has 0 spiro atoms. The Morgan fingerprint density at radius 1 is 0.857 bits per heavy atom. The zero-order valence-corrected chi connectivity index (χ0v) is 21.5. The van der Waals surface area contributed by atoms with Crippen molar-refractivity contribution in [3.8, 4) is 5.75 Å². The topological polar surface area (TPSA) is 71.1 Å². The average Bonchev–Trinajstić information content (AvgIpc) is 2.82. The Morgan fingerprint density at radius 2 is 1.49 bits per heavy atom. The number of benzene rings is 2. The van der Waals surface area contributed by atoms with Crippen molar-refractivity contribution in [1.29, 1.82) is 0 Å². The molecule has 7 nitrogen and oxygen atoms in total. The number of piperazine rings is 1. The predicted octanol–water partition coefficient (Wildman–Crippen LogP) is 5.87. The number of amides is 3. The van der Waals surface area contributed by atoms with Crippen LogP contribution in [-0.2, 0) is 11.2 Å². The Labute approximate surface area is 209 Å². The molecule has 0 unspecified atom stereocenters. The largest absolute Gasteiger partial charge is 0.494 e. The second-order valence-corrected chi connectivity index (χ2v) is 10.1. The molecule has 2 aromatic carbocycles. The van der Waals surface area contributed by atoms with Crippen molar-refractivity contribution in [2.45, 2.75) is 59.0 Å². The van der Waals surface area contributed by atoms with Crippen LogP contribution in [0.1, 0.15) is 51.2 Å². The number of ether oxygens (including phenoxy) is 2. The van der Waals surface area contributed by atoms with Crippen molar-refractivity contribution in [3.05, 3.63) is 59.7 Å². The Balaban J connectivity index is 1.31. The molecule has 3 rings (SSSR count). The van der Waals surface area contributed by atoms with Gasteiger partial charge in [-0.15, -0.1) is 0 Å². The molecule has 0 radical (unpaired) electrons. The third-order valence-corrected chi connectivity index (χ3v) is 5.82. The van der Waals surface area contributed by atoms with Gasteiger partial charge in [0.15, 0.2) is 0 Å². The summed E-state index contributed by atoms with van der Waals surface area (Å²) in [5.41, 5.74) is 2.75. The molecule has 1 aliphatic rings. The van der Waals surface area contributed by atoms with E-state index in [0.717, 1.165) is 43.7 Å². The molecule has 1 aliphatic heterocycles. The standard InChI is InChI=1S/C28H39N3O4/c1-22-9-15-25(16-10-22)34-21-7-5-6-8-23-11-13-24(14-12-23)29-26(32)30-17-19-31(20-18-30)27(33)35-28(2,3)4/h9-16H,5-8,17-21H2,1-4H3,(H,29,32). The number of nitrogens with zero attached hydrogens (tertiary/aromatic N) is 2. The fourth-order valence-electron chi connectivity index (χ4n) is 3.81. The third kappa shape index (κ3) is 9.15. The Morgan fingerprint density at radius 3 is 2.11 bits per heavy atom. The molecule has 7 heteroatoms. The molecule has 0 atom stereocenters. The Hall–Kier alpha value is -3.22. The van der Waals surface area contributed by atoms with E-state index in [1.807, 2.05) is 45.0 Å². The SMILES string of the molecule is Cc1ccc(OCCCCCc2ccc(NC(=O)N3CCN(C(=O)OC(C)(C)C)CC3)cc2)cc1. The van der Waals surface area contributed by atoms with Crippen LogP contribution >= 0.6 is 0 Å². The van der Waals surface area contributed by atoms with Crippen LogP contribution in [0.4, 0.5) is 15.3 Å². The molecule has 0 aromatic heterocycles. The van der Waals surface area contributed by atoms with Gasteiger partial charge < -0.3 is 24.6 Å². The predicted molar refractivity (Wildman–Crippen MR) is 139 cm³/mol. The van der Waals surface area contributed by atoms with Crippen LogP contribution in [0.15, 0.2) is 48.5 Å². The van der Waals surface area contributed by atoms with Crippen LogP contribution in [0.3, 0.4) is 0 Å². The van der Waals surface area contributed by atoms with E-state index in [9.17, 15) is 9.59 Å². The average molecular weight is 482 g/mol. The second-order valence-electron chi connectivity index (χ2n) is 10.1. The first-order chi connectivity index (χ1) is 16.7. The lowest BCUT2D eigenvalue weighted by Gasteiger charge is -2.35. The number of rotatable bonds is 8. The smallest absolute Gasteiger partial charge is 0.410 e. The van der Waals surface area contributed by atoms with E-state index in [-0.39, 0.29) is 12.1 Å². The normalized spacial score (nSPS) is 13.9. The van der Waals surface area contributed by atoms with Gasteiger partial charge in [-0.3, -0.25) is 0 Å². The molecule has 1 saturated heterocycles. The highest BCUT2D eigenvalue weighted by molar-refractivity contribution is 5.89. The maximum atomic E-state index is 12.6. The minimum absolute atomic E-state index is 0.143. The molecule has 1 fully saturated rings. The lowest BCUT2D eigenvalue weighted by molar-refractivity contribution is 0.0174. The lowest BCUT2D eigenvalue weighted by atomic mass is 10.1. The van der Waals surface area contributed by atoms with Crippen LogP contribution in [-0.4, -0.2) is 60.3 Å². The van der Waals surface area contributed by atoms with Gasteiger partial charge in [0.25, 0.3) is 0 Å². The number of nitrogens with one attached hydrogen (secondary N) is 1. The maximum Gasteiger partial charge on any atom is 0.410 e. The highest BCUT2D eigenvalue weighted by Gasteiger charge is 2.27. The summed E-state index contributed by atoms with van der Waals surface area (Å²) in [4.78, 5) is 28.2. The Bertz CT molecular complexity index is 944. The van der Waals surface area contributed by atoms with E-state index < -0.39 is 5.60 Å². The van der Waals surface area contributed by atoms with Crippen LogP contribution in [0.2, 0.25) is 0 Å². The van der Waals surface area contributed by atoms with Crippen LogP contribution in [0.25, 0.3) is 0 Å². The second kappa shape index (κ2) is 12.5. The van der Waals surface area contributed by atoms with Crippen LogP contribution < -0.4 is 10.1 Å². The molecular weight excluding hydrogens is 442 g/mol.